The van der Waals surface area contributed by atoms with Gasteiger partial charge in [-0.2, -0.15) is 0 Å². The molecule has 0 bridgehead atoms. The SMILES string of the molecule is Cc1c(C(=O)N[C@H](CC(C)C)C(=O)O)nnn1-c1cccc([N+](=O)[O-])c1. The summed E-state index contributed by atoms with van der Waals surface area (Å²) in [7, 11) is 0. The van der Waals surface area contributed by atoms with Crippen LogP contribution in [-0.4, -0.2) is 42.9 Å². The van der Waals surface area contributed by atoms with Crippen LogP contribution < -0.4 is 5.32 Å². The maximum atomic E-state index is 12.4. The number of carbonyl (C=O) groups is 2. The van der Waals surface area contributed by atoms with Crippen molar-refractivity contribution in [3.05, 3.63) is 45.8 Å². The van der Waals surface area contributed by atoms with E-state index in [-0.39, 0.29) is 23.7 Å². The van der Waals surface area contributed by atoms with Gasteiger partial charge in [-0.15, -0.1) is 5.10 Å². The van der Waals surface area contributed by atoms with Crippen molar-refractivity contribution in [2.45, 2.75) is 33.2 Å². The summed E-state index contributed by atoms with van der Waals surface area (Å²) in [5.41, 5.74) is 0.565. The predicted octanol–water partition coefficient (Wildman–Crippen LogP) is 1.71. The first-order valence-electron chi connectivity index (χ1n) is 7.91. The number of carboxylic acids is 1. The van der Waals surface area contributed by atoms with Crippen LogP contribution in [0.5, 0.6) is 0 Å². The summed E-state index contributed by atoms with van der Waals surface area (Å²) in [4.78, 5) is 34.0. The van der Waals surface area contributed by atoms with E-state index in [1.165, 1.54) is 22.9 Å². The molecule has 2 aromatic rings. The van der Waals surface area contributed by atoms with E-state index in [9.17, 15) is 24.8 Å². The summed E-state index contributed by atoms with van der Waals surface area (Å²) in [5, 5.41) is 30.2. The zero-order valence-corrected chi connectivity index (χ0v) is 14.5. The molecule has 2 N–H and O–H groups in total. The highest BCUT2D eigenvalue weighted by Crippen LogP contribution is 2.18. The van der Waals surface area contributed by atoms with Crippen molar-refractivity contribution in [2.24, 2.45) is 5.92 Å². The molecule has 10 heteroatoms. The second kappa shape index (κ2) is 7.72. The van der Waals surface area contributed by atoms with Gasteiger partial charge in [0.2, 0.25) is 0 Å². The number of nitro benzene ring substituents is 1. The summed E-state index contributed by atoms with van der Waals surface area (Å²) in [6.07, 6.45) is 0.277. The lowest BCUT2D eigenvalue weighted by molar-refractivity contribution is -0.384. The molecule has 0 fully saturated rings. The summed E-state index contributed by atoms with van der Waals surface area (Å²) in [6, 6.07) is 4.70. The number of nitrogens with zero attached hydrogens (tertiary/aromatic N) is 4. The topological polar surface area (TPSA) is 140 Å². The van der Waals surface area contributed by atoms with Crippen LogP contribution >= 0.6 is 0 Å². The van der Waals surface area contributed by atoms with E-state index in [1.807, 2.05) is 13.8 Å². The van der Waals surface area contributed by atoms with Gasteiger partial charge >= 0.3 is 5.97 Å². The number of nitrogens with one attached hydrogen (secondary N) is 1. The van der Waals surface area contributed by atoms with Crippen LogP contribution in [0.4, 0.5) is 5.69 Å². The quantitative estimate of drug-likeness (QED) is 0.565. The van der Waals surface area contributed by atoms with Crippen LogP contribution in [0.3, 0.4) is 0 Å². The highest BCUT2D eigenvalue weighted by molar-refractivity contribution is 5.95. The fraction of sp³-hybridized carbons (Fsp3) is 0.375. The van der Waals surface area contributed by atoms with E-state index in [0.29, 0.717) is 11.4 Å². The fourth-order valence-electron chi connectivity index (χ4n) is 2.44. The minimum Gasteiger partial charge on any atom is -0.480 e. The Morgan fingerprint density at radius 2 is 2.08 bits per heavy atom. The number of aliphatic carboxylic acids is 1. The number of nitro groups is 1. The Labute approximate surface area is 149 Å². The van der Waals surface area contributed by atoms with Crippen molar-refractivity contribution < 1.29 is 19.6 Å². The van der Waals surface area contributed by atoms with Crippen LogP contribution in [0.15, 0.2) is 24.3 Å². The Morgan fingerprint density at radius 1 is 1.38 bits per heavy atom. The maximum absolute atomic E-state index is 12.4. The van der Waals surface area contributed by atoms with Gasteiger partial charge in [0.05, 0.1) is 16.3 Å². The van der Waals surface area contributed by atoms with Crippen LogP contribution in [-0.2, 0) is 4.79 Å². The van der Waals surface area contributed by atoms with Crippen molar-refractivity contribution in [1.29, 1.82) is 0 Å². The second-order valence-corrected chi connectivity index (χ2v) is 6.21. The highest BCUT2D eigenvalue weighted by atomic mass is 16.6. The number of amides is 1. The first-order valence-corrected chi connectivity index (χ1v) is 7.91. The summed E-state index contributed by atoms with van der Waals surface area (Å²) >= 11 is 0. The van der Waals surface area contributed by atoms with Gasteiger partial charge in [-0.3, -0.25) is 14.9 Å². The van der Waals surface area contributed by atoms with Gasteiger partial charge in [-0.1, -0.05) is 25.1 Å². The van der Waals surface area contributed by atoms with Gasteiger partial charge < -0.3 is 10.4 Å². The fourth-order valence-corrected chi connectivity index (χ4v) is 2.44. The maximum Gasteiger partial charge on any atom is 0.326 e. The lowest BCUT2D eigenvalue weighted by Crippen LogP contribution is -2.42. The molecule has 0 aliphatic rings. The van der Waals surface area contributed by atoms with Gasteiger partial charge in [-0.05, 0) is 25.3 Å². The van der Waals surface area contributed by atoms with Crippen molar-refractivity contribution in [3.8, 4) is 5.69 Å². The minimum absolute atomic E-state index is 0.0356. The van der Waals surface area contributed by atoms with E-state index in [2.05, 4.69) is 15.6 Å². The van der Waals surface area contributed by atoms with E-state index >= 15 is 0 Å². The summed E-state index contributed by atoms with van der Waals surface area (Å²) in [6.45, 7) is 5.28. The standard InChI is InChI=1S/C16H19N5O5/c1-9(2)7-13(16(23)24)17-15(22)14-10(3)20(19-18-14)11-5-4-6-12(8-11)21(25)26/h4-6,8-9,13H,7H2,1-3H3,(H,17,22)(H,23,24)/t13-/m1/s1. The average Bonchev–Trinajstić information content (AvgIpc) is 2.95. The van der Waals surface area contributed by atoms with Gasteiger partial charge in [0, 0.05) is 12.1 Å². The number of aromatic nitrogens is 3. The van der Waals surface area contributed by atoms with Crippen LogP contribution in [0, 0.1) is 23.0 Å². The summed E-state index contributed by atoms with van der Waals surface area (Å²) < 4.78 is 1.29. The lowest BCUT2D eigenvalue weighted by atomic mass is 10.0. The molecule has 0 aliphatic heterocycles. The van der Waals surface area contributed by atoms with Crippen molar-refractivity contribution in [3.63, 3.8) is 0 Å². The minimum atomic E-state index is -1.13. The number of benzene rings is 1. The number of rotatable bonds is 7. The Morgan fingerprint density at radius 3 is 2.65 bits per heavy atom. The van der Waals surface area contributed by atoms with Crippen LogP contribution in [0.2, 0.25) is 0 Å². The molecule has 0 aliphatic carbocycles. The highest BCUT2D eigenvalue weighted by Gasteiger charge is 2.25. The summed E-state index contributed by atoms with van der Waals surface area (Å²) in [5.74, 6) is -1.71. The van der Waals surface area contributed by atoms with Gasteiger partial charge in [0.1, 0.15) is 6.04 Å². The zero-order chi connectivity index (χ0) is 19.4. The van der Waals surface area contributed by atoms with E-state index in [0.717, 1.165) is 0 Å². The molecule has 1 aromatic carbocycles. The number of hydrogen-bond acceptors (Lipinski definition) is 6. The normalized spacial score (nSPS) is 12.0. The molecule has 2 rings (SSSR count). The third-order valence-electron chi connectivity index (χ3n) is 3.71. The first kappa shape index (κ1) is 19.0. The molecule has 0 unspecified atom stereocenters. The Bertz CT molecular complexity index is 845. The molecule has 26 heavy (non-hydrogen) atoms. The molecule has 1 aromatic heterocycles. The molecular weight excluding hydrogens is 342 g/mol. The van der Waals surface area contributed by atoms with Crippen molar-refractivity contribution in [1.82, 2.24) is 20.3 Å². The van der Waals surface area contributed by atoms with Crippen LogP contribution in [0.1, 0.15) is 36.5 Å². The molecule has 0 spiro atoms. The smallest absolute Gasteiger partial charge is 0.326 e. The average molecular weight is 361 g/mol. The number of carbonyl (C=O) groups excluding carboxylic acids is 1. The molecule has 0 radical (unpaired) electrons. The number of hydrogen-bond donors (Lipinski definition) is 2. The molecule has 0 saturated heterocycles. The van der Waals surface area contributed by atoms with E-state index in [4.69, 9.17) is 0 Å². The molecule has 1 atom stereocenters. The van der Waals surface area contributed by atoms with Gasteiger partial charge in [-0.25, -0.2) is 9.48 Å². The largest absolute Gasteiger partial charge is 0.480 e. The third kappa shape index (κ3) is 4.21. The van der Waals surface area contributed by atoms with E-state index in [1.54, 1.807) is 13.0 Å². The van der Waals surface area contributed by atoms with E-state index < -0.39 is 22.8 Å². The number of carboxylic acid groups (broad SMARTS) is 1. The molecule has 0 saturated carbocycles. The monoisotopic (exact) mass is 361 g/mol. The Hall–Kier alpha value is -3.30. The third-order valence-corrected chi connectivity index (χ3v) is 3.71. The van der Waals surface area contributed by atoms with Gasteiger partial charge in [0.15, 0.2) is 5.69 Å². The van der Waals surface area contributed by atoms with Crippen molar-refractivity contribution in [2.75, 3.05) is 0 Å². The predicted molar refractivity (Wildman–Crippen MR) is 91.1 cm³/mol. The second-order valence-electron chi connectivity index (χ2n) is 6.21. The Kier molecular flexibility index (Phi) is 5.65. The molecule has 138 valence electrons. The molecule has 10 nitrogen and oxygen atoms in total. The zero-order valence-electron chi connectivity index (χ0n) is 14.5. The van der Waals surface area contributed by atoms with Gasteiger partial charge in [0.25, 0.3) is 11.6 Å². The van der Waals surface area contributed by atoms with Crippen LogP contribution in [0.25, 0.3) is 5.69 Å². The lowest BCUT2D eigenvalue weighted by Gasteiger charge is -2.15. The van der Waals surface area contributed by atoms with Crippen molar-refractivity contribution >= 4 is 17.6 Å². The molecule has 1 heterocycles. The molecule has 1 amide bonds. The number of non-ortho nitro benzene ring substituents is 1. The molecular formula is C16H19N5O5. The first-order chi connectivity index (χ1) is 12.2. The Balaban J connectivity index is 2.28.